The van der Waals surface area contributed by atoms with E-state index in [2.05, 4.69) is 12.2 Å². The lowest BCUT2D eigenvalue weighted by molar-refractivity contribution is 0.183. The van der Waals surface area contributed by atoms with Crippen LogP contribution in [0.5, 0.6) is 5.75 Å². The topological polar surface area (TPSA) is 78.6 Å². The number of carbonyl (C=O) groups excluding carboxylic acids is 1. The van der Waals surface area contributed by atoms with Gasteiger partial charge in [0.1, 0.15) is 5.75 Å². The highest BCUT2D eigenvalue weighted by atomic mass is 16.3. The molecule has 118 valence electrons. The van der Waals surface area contributed by atoms with Gasteiger partial charge in [0.2, 0.25) is 0 Å². The van der Waals surface area contributed by atoms with Gasteiger partial charge in [0.15, 0.2) is 0 Å². The van der Waals surface area contributed by atoms with Crippen LogP contribution in [0.2, 0.25) is 0 Å². The number of benzene rings is 1. The summed E-state index contributed by atoms with van der Waals surface area (Å²) in [4.78, 5) is 13.9. The van der Waals surface area contributed by atoms with E-state index < -0.39 is 0 Å². The summed E-state index contributed by atoms with van der Waals surface area (Å²) in [5.41, 5.74) is 6.22. The van der Waals surface area contributed by atoms with Crippen LogP contribution < -0.4 is 11.1 Å². The number of hydrogen-bond donors (Lipinski definition) is 3. The number of unbranched alkanes of at least 4 members (excludes halogenated alkanes) is 1. The molecule has 1 aromatic rings. The number of nitrogens with one attached hydrogen (secondary N) is 1. The summed E-state index contributed by atoms with van der Waals surface area (Å²) in [6, 6.07) is 7.13. The molecule has 0 aromatic heterocycles. The Morgan fingerprint density at radius 1 is 1.38 bits per heavy atom. The number of urea groups is 1. The van der Waals surface area contributed by atoms with Gasteiger partial charge in [0, 0.05) is 25.2 Å². The maximum absolute atomic E-state index is 12.2. The summed E-state index contributed by atoms with van der Waals surface area (Å²) >= 11 is 0. The van der Waals surface area contributed by atoms with Crippen LogP contribution in [0.15, 0.2) is 24.3 Å². The number of aromatic hydroxyl groups is 1. The van der Waals surface area contributed by atoms with E-state index in [4.69, 9.17) is 5.73 Å². The number of hydrogen-bond acceptors (Lipinski definition) is 3. The summed E-state index contributed by atoms with van der Waals surface area (Å²) < 4.78 is 0. The van der Waals surface area contributed by atoms with E-state index in [0.717, 1.165) is 31.2 Å². The predicted molar refractivity (Wildman–Crippen MR) is 85.1 cm³/mol. The van der Waals surface area contributed by atoms with Gasteiger partial charge in [-0.3, -0.25) is 0 Å². The van der Waals surface area contributed by atoms with Crippen LogP contribution in [0.4, 0.5) is 4.79 Å². The van der Waals surface area contributed by atoms with Gasteiger partial charge >= 0.3 is 6.03 Å². The molecule has 0 aliphatic carbocycles. The van der Waals surface area contributed by atoms with Crippen molar-refractivity contribution in [2.45, 2.75) is 45.2 Å². The fourth-order valence-electron chi connectivity index (χ4n) is 2.32. The largest absolute Gasteiger partial charge is 0.508 e. The molecule has 0 saturated heterocycles. The van der Waals surface area contributed by atoms with Gasteiger partial charge < -0.3 is 21.1 Å². The van der Waals surface area contributed by atoms with E-state index >= 15 is 0 Å². The molecule has 21 heavy (non-hydrogen) atoms. The monoisotopic (exact) mass is 293 g/mol. The molecule has 0 spiro atoms. The van der Waals surface area contributed by atoms with E-state index in [1.165, 1.54) is 0 Å². The normalized spacial score (nSPS) is 12.0. The molecule has 0 radical (unpaired) electrons. The van der Waals surface area contributed by atoms with Gasteiger partial charge in [-0.1, -0.05) is 31.5 Å². The van der Waals surface area contributed by atoms with Gasteiger partial charge in [-0.25, -0.2) is 4.79 Å². The smallest absolute Gasteiger partial charge is 0.317 e. The Bertz CT molecular complexity index is 437. The van der Waals surface area contributed by atoms with Crippen molar-refractivity contribution in [3.8, 4) is 5.75 Å². The lowest BCUT2D eigenvalue weighted by atomic mass is 10.1. The highest BCUT2D eigenvalue weighted by Crippen LogP contribution is 2.15. The van der Waals surface area contributed by atoms with Crippen LogP contribution >= 0.6 is 0 Å². The van der Waals surface area contributed by atoms with Crippen LogP contribution in [-0.4, -0.2) is 35.7 Å². The van der Waals surface area contributed by atoms with E-state index in [1.54, 1.807) is 23.1 Å². The summed E-state index contributed by atoms with van der Waals surface area (Å²) in [5, 5.41) is 12.5. The number of phenols is 1. The summed E-state index contributed by atoms with van der Waals surface area (Å²) in [6.07, 6.45) is 3.91. The Hall–Kier alpha value is -1.75. The number of nitrogens with two attached hydrogens (primary N) is 1. The Kier molecular flexibility index (Phi) is 7.61. The minimum atomic E-state index is -0.113. The van der Waals surface area contributed by atoms with Crippen molar-refractivity contribution in [1.29, 1.82) is 0 Å². The van der Waals surface area contributed by atoms with E-state index in [-0.39, 0.29) is 17.8 Å². The van der Waals surface area contributed by atoms with Gasteiger partial charge in [0.25, 0.3) is 0 Å². The number of nitrogens with zero attached hydrogens (tertiary/aromatic N) is 1. The van der Waals surface area contributed by atoms with Crippen LogP contribution in [0.25, 0.3) is 0 Å². The van der Waals surface area contributed by atoms with Crippen molar-refractivity contribution in [3.63, 3.8) is 0 Å². The molecule has 5 nitrogen and oxygen atoms in total. The molecule has 1 atom stereocenters. The van der Waals surface area contributed by atoms with Gasteiger partial charge in [0.05, 0.1) is 0 Å². The Morgan fingerprint density at radius 3 is 2.71 bits per heavy atom. The second kappa shape index (κ2) is 9.23. The highest BCUT2D eigenvalue weighted by Gasteiger charge is 2.17. The summed E-state index contributed by atoms with van der Waals surface area (Å²) in [7, 11) is 1.82. The van der Waals surface area contributed by atoms with E-state index in [1.807, 2.05) is 13.1 Å². The van der Waals surface area contributed by atoms with Crippen molar-refractivity contribution in [3.05, 3.63) is 29.8 Å². The first-order chi connectivity index (χ1) is 10.1. The molecular weight excluding hydrogens is 266 g/mol. The molecule has 0 bridgehead atoms. The fourth-order valence-corrected chi connectivity index (χ4v) is 2.32. The van der Waals surface area contributed by atoms with Crippen LogP contribution in [0, 0.1) is 0 Å². The third kappa shape index (κ3) is 5.63. The van der Waals surface area contributed by atoms with Crippen molar-refractivity contribution in [1.82, 2.24) is 10.2 Å². The second-order valence-corrected chi connectivity index (χ2v) is 5.24. The Labute approximate surface area is 127 Å². The van der Waals surface area contributed by atoms with Crippen LogP contribution in [0.3, 0.4) is 0 Å². The van der Waals surface area contributed by atoms with Crippen molar-refractivity contribution >= 4 is 6.03 Å². The maximum Gasteiger partial charge on any atom is 0.317 e. The number of para-hydroxylation sites is 1. The number of rotatable bonds is 8. The predicted octanol–water partition coefficient (Wildman–Crippen LogP) is 2.44. The molecule has 4 N–H and O–H groups in total. The molecule has 1 unspecified atom stereocenters. The highest BCUT2D eigenvalue weighted by molar-refractivity contribution is 5.74. The zero-order valence-corrected chi connectivity index (χ0v) is 13.0. The molecule has 2 amide bonds. The zero-order valence-electron chi connectivity index (χ0n) is 13.0. The van der Waals surface area contributed by atoms with E-state index in [9.17, 15) is 9.90 Å². The van der Waals surface area contributed by atoms with Crippen molar-refractivity contribution in [2.75, 3.05) is 13.6 Å². The molecule has 1 rings (SSSR count). The standard InChI is InChI=1S/C16H27N3O2/c1-3-14(9-6-7-11-17)19(2)16(21)18-12-13-8-4-5-10-15(13)20/h4-5,8,10,14,20H,3,6-7,9,11-12,17H2,1-2H3,(H,18,21). The van der Waals surface area contributed by atoms with Crippen molar-refractivity contribution < 1.29 is 9.90 Å². The minimum Gasteiger partial charge on any atom is -0.508 e. The van der Waals surface area contributed by atoms with Gasteiger partial charge in [-0.15, -0.1) is 0 Å². The average Bonchev–Trinajstić information content (AvgIpc) is 2.50. The second-order valence-electron chi connectivity index (χ2n) is 5.24. The van der Waals surface area contributed by atoms with Gasteiger partial charge in [-0.2, -0.15) is 0 Å². The molecular formula is C16H27N3O2. The minimum absolute atomic E-state index is 0.113. The first kappa shape index (κ1) is 17.3. The van der Waals surface area contributed by atoms with Crippen LogP contribution in [-0.2, 0) is 6.54 Å². The van der Waals surface area contributed by atoms with E-state index in [0.29, 0.717) is 13.1 Å². The summed E-state index contributed by atoms with van der Waals surface area (Å²) in [6.45, 7) is 3.11. The molecule has 0 heterocycles. The first-order valence-electron chi connectivity index (χ1n) is 7.57. The molecule has 0 aliphatic heterocycles. The maximum atomic E-state index is 12.2. The number of phenolic OH excluding ortho intramolecular Hbond substituents is 1. The molecule has 0 saturated carbocycles. The molecule has 0 fully saturated rings. The quantitative estimate of drug-likeness (QED) is 0.644. The molecule has 0 aliphatic rings. The number of amides is 2. The average molecular weight is 293 g/mol. The Morgan fingerprint density at radius 2 is 2.10 bits per heavy atom. The lowest BCUT2D eigenvalue weighted by Crippen LogP contribution is -2.43. The molecule has 1 aromatic carbocycles. The van der Waals surface area contributed by atoms with Crippen LogP contribution in [0.1, 0.15) is 38.2 Å². The summed E-state index contributed by atoms with van der Waals surface area (Å²) in [5.74, 6) is 0.204. The first-order valence-corrected chi connectivity index (χ1v) is 7.57. The third-order valence-corrected chi connectivity index (χ3v) is 3.75. The number of carbonyl (C=O) groups is 1. The van der Waals surface area contributed by atoms with Gasteiger partial charge in [-0.05, 0) is 31.9 Å². The SMILES string of the molecule is CCC(CCCCN)N(C)C(=O)NCc1ccccc1O. The fraction of sp³-hybridized carbons (Fsp3) is 0.562. The third-order valence-electron chi connectivity index (χ3n) is 3.75. The molecule has 5 heteroatoms. The lowest BCUT2D eigenvalue weighted by Gasteiger charge is -2.27. The Balaban J connectivity index is 2.47. The zero-order chi connectivity index (χ0) is 15.7. The van der Waals surface area contributed by atoms with Crippen molar-refractivity contribution in [2.24, 2.45) is 5.73 Å².